The van der Waals surface area contributed by atoms with Gasteiger partial charge in [-0.25, -0.2) is 4.79 Å². The van der Waals surface area contributed by atoms with Gasteiger partial charge in [0, 0.05) is 17.1 Å². The lowest BCUT2D eigenvalue weighted by atomic mass is 10.1. The molecule has 19 heavy (non-hydrogen) atoms. The number of benzene rings is 1. The molecule has 0 amide bonds. The van der Waals surface area contributed by atoms with E-state index in [-0.39, 0.29) is 16.5 Å². The van der Waals surface area contributed by atoms with E-state index in [9.17, 15) is 18.0 Å². The average Bonchev–Trinajstić information content (AvgIpc) is 2.65. The summed E-state index contributed by atoms with van der Waals surface area (Å²) in [5.41, 5.74) is 0.716. The van der Waals surface area contributed by atoms with Gasteiger partial charge in [-0.3, -0.25) is 0 Å². The van der Waals surface area contributed by atoms with Gasteiger partial charge in [-0.1, -0.05) is 24.8 Å². The molecule has 2 rings (SSSR count). The number of aromatic carboxylic acids is 1. The molecule has 0 bridgehead atoms. The third-order valence-corrected chi connectivity index (χ3v) is 2.72. The highest BCUT2D eigenvalue weighted by molar-refractivity contribution is 6.03. The zero-order chi connectivity index (χ0) is 14.2. The van der Waals surface area contributed by atoms with E-state index in [0.717, 1.165) is 10.8 Å². The van der Waals surface area contributed by atoms with Gasteiger partial charge in [-0.15, -0.1) is 0 Å². The second kappa shape index (κ2) is 4.46. The van der Waals surface area contributed by atoms with Crippen LogP contribution in [0.25, 0.3) is 17.0 Å². The molecule has 0 radical (unpaired) electrons. The summed E-state index contributed by atoms with van der Waals surface area (Å²) in [5, 5.41) is 9.29. The highest BCUT2D eigenvalue weighted by Crippen LogP contribution is 2.27. The maximum atomic E-state index is 12.5. The number of fused-ring (bicyclic) bond motifs is 1. The molecule has 1 aromatic carbocycles. The lowest BCUT2D eigenvalue weighted by molar-refractivity contribution is -0.139. The molecule has 3 nitrogen and oxygen atoms in total. The SMILES string of the molecule is C=Cc1ccc2c(C(=O)O)cn(CC(F)(F)F)c2c1. The molecule has 0 aliphatic rings. The fourth-order valence-corrected chi connectivity index (χ4v) is 1.93. The smallest absolute Gasteiger partial charge is 0.406 e. The van der Waals surface area contributed by atoms with Crippen molar-refractivity contribution < 1.29 is 23.1 Å². The van der Waals surface area contributed by atoms with E-state index < -0.39 is 18.7 Å². The molecular formula is C13H10F3NO2. The number of carboxylic acid groups (broad SMARTS) is 1. The van der Waals surface area contributed by atoms with Gasteiger partial charge in [-0.05, 0) is 11.6 Å². The highest BCUT2D eigenvalue weighted by atomic mass is 19.4. The van der Waals surface area contributed by atoms with Gasteiger partial charge in [0.2, 0.25) is 0 Å². The summed E-state index contributed by atoms with van der Waals surface area (Å²) < 4.78 is 38.3. The monoisotopic (exact) mass is 269 g/mol. The van der Waals surface area contributed by atoms with Crippen molar-refractivity contribution >= 4 is 22.9 Å². The third-order valence-electron chi connectivity index (χ3n) is 2.72. The number of nitrogens with zero attached hydrogens (tertiary/aromatic N) is 1. The van der Waals surface area contributed by atoms with E-state index in [1.54, 1.807) is 6.07 Å². The van der Waals surface area contributed by atoms with Crippen LogP contribution in [0.2, 0.25) is 0 Å². The van der Waals surface area contributed by atoms with Gasteiger partial charge in [0.1, 0.15) is 6.54 Å². The predicted octanol–water partition coefficient (Wildman–Crippen LogP) is 3.54. The number of rotatable bonds is 3. The van der Waals surface area contributed by atoms with E-state index in [4.69, 9.17) is 5.11 Å². The summed E-state index contributed by atoms with van der Waals surface area (Å²) in [4.78, 5) is 11.0. The van der Waals surface area contributed by atoms with Crippen LogP contribution >= 0.6 is 0 Å². The quantitative estimate of drug-likeness (QED) is 0.925. The Kier molecular flexibility index (Phi) is 3.09. The normalized spacial score (nSPS) is 11.7. The predicted molar refractivity (Wildman–Crippen MR) is 65.0 cm³/mol. The number of carboxylic acids is 1. The van der Waals surface area contributed by atoms with Crippen LogP contribution < -0.4 is 0 Å². The summed E-state index contributed by atoms with van der Waals surface area (Å²) in [5.74, 6) is -1.25. The first kappa shape index (κ1) is 13.2. The molecule has 6 heteroatoms. The number of hydrogen-bond acceptors (Lipinski definition) is 1. The van der Waals surface area contributed by atoms with Crippen LogP contribution in [0.5, 0.6) is 0 Å². The largest absolute Gasteiger partial charge is 0.478 e. The Balaban J connectivity index is 2.68. The number of aromatic nitrogens is 1. The first-order valence-corrected chi connectivity index (χ1v) is 5.37. The van der Waals surface area contributed by atoms with Gasteiger partial charge in [0.15, 0.2) is 0 Å². The molecule has 0 saturated carbocycles. The Labute approximate surface area is 106 Å². The molecule has 1 heterocycles. The average molecular weight is 269 g/mol. The minimum absolute atomic E-state index is 0.144. The first-order chi connectivity index (χ1) is 8.81. The van der Waals surface area contributed by atoms with Crippen molar-refractivity contribution in [2.75, 3.05) is 0 Å². The lowest BCUT2D eigenvalue weighted by Crippen LogP contribution is -2.16. The number of halogens is 3. The maximum Gasteiger partial charge on any atom is 0.406 e. The van der Waals surface area contributed by atoms with E-state index in [2.05, 4.69) is 6.58 Å². The molecular weight excluding hydrogens is 259 g/mol. The summed E-state index contributed by atoms with van der Waals surface area (Å²) in [6.45, 7) is 2.31. The molecule has 0 fully saturated rings. The first-order valence-electron chi connectivity index (χ1n) is 5.37. The molecule has 1 N–H and O–H groups in total. The van der Waals surface area contributed by atoms with E-state index in [0.29, 0.717) is 5.56 Å². The minimum atomic E-state index is -4.41. The van der Waals surface area contributed by atoms with Gasteiger partial charge in [0.25, 0.3) is 0 Å². The van der Waals surface area contributed by atoms with Crippen LogP contribution in [0.1, 0.15) is 15.9 Å². The standard InChI is InChI=1S/C13H10F3NO2/c1-2-8-3-4-9-10(12(18)19)6-17(11(9)5-8)7-13(14,15)16/h2-6H,1,7H2,(H,18,19). The molecule has 0 aliphatic carbocycles. The van der Waals surface area contributed by atoms with E-state index >= 15 is 0 Å². The number of carbonyl (C=O) groups is 1. The van der Waals surface area contributed by atoms with Crippen molar-refractivity contribution in [2.24, 2.45) is 0 Å². The highest BCUT2D eigenvalue weighted by Gasteiger charge is 2.29. The summed E-state index contributed by atoms with van der Waals surface area (Å²) in [7, 11) is 0. The van der Waals surface area contributed by atoms with Crippen LogP contribution in [-0.2, 0) is 6.54 Å². The second-order valence-electron chi connectivity index (χ2n) is 4.07. The number of hydrogen-bond donors (Lipinski definition) is 1. The fraction of sp³-hybridized carbons (Fsp3) is 0.154. The molecule has 0 unspecified atom stereocenters. The van der Waals surface area contributed by atoms with Crippen LogP contribution in [-0.4, -0.2) is 21.8 Å². The van der Waals surface area contributed by atoms with Gasteiger partial charge < -0.3 is 9.67 Å². The van der Waals surface area contributed by atoms with Crippen molar-refractivity contribution in [2.45, 2.75) is 12.7 Å². The minimum Gasteiger partial charge on any atom is -0.478 e. The van der Waals surface area contributed by atoms with Crippen LogP contribution in [0.4, 0.5) is 13.2 Å². The summed E-state index contributed by atoms with van der Waals surface area (Å²) in [6.07, 6.45) is -1.91. The van der Waals surface area contributed by atoms with Gasteiger partial charge in [-0.2, -0.15) is 13.2 Å². The van der Waals surface area contributed by atoms with Crippen LogP contribution in [0.15, 0.2) is 31.0 Å². The number of alkyl halides is 3. The van der Waals surface area contributed by atoms with E-state index in [1.165, 1.54) is 18.2 Å². The fourth-order valence-electron chi connectivity index (χ4n) is 1.93. The summed E-state index contributed by atoms with van der Waals surface area (Å²) >= 11 is 0. The zero-order valence-corrected chi connectivity index (χ0v) is 9.74. The third kappa shape index (κ3) is 2.62. The maximum absolute atomic E-state index is 12.5. The molecule has 100 valence electrons. The molecule has 0 atom stereocenters. The van der Waals surface area contributed by atoms with E-state index in [1.807, 2.05) is 0 Å². The molecule has 0 spiro atoms. The topological polar surface area (TPSA) is 42.2 Å². The Hall–Kier alpha value is -2.24. The lowest BCUT2D eigenvalue weighted by Gasteiger charge is -2.09. The van der Waals surface area contributed by atoms with Crippen LogP contribution in [0, 0.1) is 0 Å². The molecule has 0 aliphatic heterocycles. The Morgan fingerprint density at radius 2 is 2.11 bits per heavy atom. The Morgan fingerprint density at radius 1 is 1.42 bits per heavy atom. The van der Waals surface area contributed by atoms with Crippen molar-refractivity contribution in [3.05, 3.63) is 42.1 Å². The van der Waals surface area contributed by atoms with Crippen molar-refractivity contribution in [3.8, 4) is 0 Å². The van der Waals surface area contributed by atoms with Crippen molar-refractivity contribution in [3.63, 3.8) is 0 Å². The molecule has 0 saturated heterocycles. The molecule has 1 aromatic heterocycles. The van der Waals surface area contributed by atoms with Gasteiger partial charge >= 0.3 is 12.1 Å². The zero-order valence-electron chi connectivity index (χ0n) is 9.74. The Morgan fingerprint density at radius 3 is 2.63 bits per heavy atom. The second-order valence-corrected chi connectivity index (χ2v) is 4.07. The van der Waals surface area contributed by atoms with Crippen molar-refractivity contribution in [1.82, 2.24) is 4.57 Å². The molecule has 2 aromatic rings. The van der Waals surface area contributed by atoms with Crippen molar-refractivity contribution in [1.29, 1.82) is 0 Å². The Bertz CT molecular complexity index is 656. The van der Waals surface area contributed by atoms with Crippen LogP contribution in [0.3, 0.4) is 0 Å². The van der Waals surface area contributed by atoms with Gasteiger partial charge in [0.05, 0.1) is 5.56 Å². The summed E-state index contributed by atoms with van der Waals surface area (Å²) in [6, 6.07) is 4.59.